The highest BCUT2D eigenvalue weighted by Gasteiger charge is 2.46. The van der Waals surface area contributed by atoms with Crippen molar-refractivity contribution < 1.29 is 9.47 Å². The minimum atomic E-state index is 0.518. The summed E-state index contributed by atoms with van der Waals surface area (Å²) >= 11 is 0. The van der Waals surface area contributed by atoms with Crippen LogP contribution >= 0.6 is 0 Å². The molecule has 2 heteroatoms. The van der Waals surface area contributed by atoms with Gasteiger partial charge in [-0.2, -0.15) is 0 Å². The maximum atomic E-state index is 5.78. The highest BCUT2D eigenvalue weighted by atomic mass is 16.6. The Kier molecular flexibility index (Phi) is 2.94. The van der Waals surface area contributed by atoms with E-state index in [-0.39, 0.29) is 0 Å². The Morgan fingerprint density at radius 3 is 2.94 bits per heavy atom. The summed E-state index contributed by atoms with van der Waals surface area (Å²) in [6.07, 6.45) is 4.93. The molecule has 1 aliphatic carbocycles. The van der Waals surface area contributed by atoms with E-state index in [2.05, 4.69) is 24.3 Å². The van der Waals surface area contributed by atoms with Gasteiger partial charge in [-0.15, -0.1) is 0 Å². The van der Waals surface area contributed by atoms with Crippen molar-refractivity contribution in [1.82, 2.24) is 0 Å². The Morgan fingerprint density at radius 1 is 1.19 bits per heavy atom. The van der Waals surface area contributed by atoms with Gasteiger partial charge in [-0.25, -0.2) is 0 Å². The fraction of sp³-hybridized carbons (Fsp3) is 0.571. The molecule has 1 aromatic rings. The molecule has 3 unspecified atom stereocenters. The van der Waals surface area contributed by atoms with Crippen molar-refractivity contribution in [1.29, 1.82) is 0 Å². The highest BCUT2D eigenvalue weighted by molar-refractivity contribution is 5.13. The SMILES string of the molecule is c1ccc(COCC2CCCC3OC23)cc1. The Morgan fingerprint density at radius 2 is 2.06 bits per heavy atom. The summed E-state index contributed by atoms with van der Waals surface area (Å²) in [5.41, 5.74) is 1.26. The van der Waals surface area contributed by atoms with Gasteiger partial charge >= 0.3 is 0 Å². The third-order valence-electron chi connectivity index (χ3n) is 3.59. The van der Waals surface area contributed by atoms with E-state index in [1.165, 1.54) is 24.8 Å². The van der Waals surface area contributed by atoms with Gasteiger partial charge in [0.2, 0.25) is 0 Å². The number of epoxide rings is 1. The summed E-state index contributed by atoms with van der Waals surface area (Å²) in [6, 6.07) is 10.4. The van der Waals surface area contributed by atoms with E-state index >= 15 is 0 Å². The molecule has 86 valence electrons. The Hall–Kier alpha value is -0.860. The summed E-state index contributed by atoms with van der Waals surface area (Å²) in [5.74, 6) is 0.641. The highest BCUT2D eigenvalue weighted by Crippen LogP contribution is 2.40. The van der Waals surface area contributed by atoms with Crippen molar-refractivity contribution in [2.75, 3.05) is 6.61 Å². The fourth-order valence-corrected chi connectivity index (χ4v) is 2.63. The topological polar surface area (TPSA) is 21.8 Å². The molecule has 3 atom stereocenters. The molecule has 0 amide bonds. The third-order valence-corrected chi connectivity index (χ3v) is 3.59. The molecular formula is C14H18O2. The molecule has 1 saturated carbocycles. The van der Waals surface area contributed by atoms with Crippen molar-refractivity contribution >= 4 is 0 Å². The third kappa shape index (κ3) is 2.28. The van der Waals surface area contributed by atoms with Crippen LogP contribution < -0.4 is 0 Å². The quantitative estimate of drug-likeness (QED) is 0.725. The minimum absolute atomic E-state index is 0.518. The zero-order valence-electron chi connectivity index (χ0n) is 9.47. The second-order valence-corrected chi connectivity index (χ2v) is 4.83. The number of hydrogen-bond donors (Lipinski definition) is 0. The molecule has 3 rings (SSSR count). The molecule has 0 bridgehead atoms. The minimum Gasteiger partial charge on any atom is -0.376 e. The lowest BCUT2D eigenvalue weighted by Crippen LogP contribution is -2.21. The molecule has 2 fully saturated rings. The molecule has 1 aromatic carbocycles. The second kappa shape index (κ2) is 4.56. The Labute approximate surface area is 96.6 Å². The molecular weight excluding hydrogens is 200 g/mol. The molecule has 0 spiro atoms. The van der Waals surface area contributed by atoms with Crippen molar-refractivity contribution in [2.45, 2.75) is 38.1 Å². The van der Waals surface area contributed by atoms with Gasteiger partial charge in [-0.3, -0.25) is 0 Å². The van der Waals surface area contributed by atoms with Gasteiger partial charge in [0.05, 0.1) is 25.4 Å². The lowest BCUT2D eigenvalue weighted by Gasteiger charge is -2.18. The van der Waals surface area contributed by atoms with Crippen LogP contribution in [-0.4, -0.2) is 18.8 Å². The van der Waals surface area contributed by atoms with E-state index in [4.69, 9.17) is 9.47 Å². The summed E-state index contributed by atoms with van der Waals surface area (Å²) < 4.78 is 11.4. The van der Waals surface area contributed by atoms with Gasteiger partial charge < -0.3 is 9.47 Å². The lowest BCUT2D eigenvalue weighted by atomic mass is 9.90. The van der Waals surface area contributed by atoms with Crippen molar-refractivity contribution in [3.05, 3.63) is 35.9 Å². The first-order valence-corrected chi connectivity index (χ1v) is 6.20. The lowest BCUT2D eigenvalue weighted by molar-refractivity contribution is 0.0720. The van der Waals surface area contributed by atoms with Crippen LogP contribution in [0.5, 0.6) is 0 Å². The molecule has 0 N–H and O–H groups in total. The molecule has 1 heterocycles. The Bertz CT molecular complexity index is 336. The standard InChI is InChI=1S/C14H18O2/c1-2-5-11(6-3-1)9-15-10-12-7-4-8-13-14(12)16-13/h1-3,5-6,12-14H,4,7-10H2. The van der Waals surface area contributed by atoms with Crippen LogP contribution in [0.1, 0.15) is 24.8 Å². The maximum Gasteiger partial charge on any atom is 0.0891 e. The molecule has 2 nitrogen and oxygen atoms in total. The fourth-order valence-electron chi connectivity index (χ4n) is 2.63. The van der Waals surface area contributed by atoms with Crippen LogP contribution in [0.2, 0.25) is 0 Å². The second-order valence-electron chi connectivity index (χ2n) is 4.83. The average Bonchev–Trinajstić information content (AvgIpc) is 3.10. The predicted molar refractivity (Wildman–Crippen MR) is 62.1 cm³/mol. The molecule has 0 aromatic heterocycles. The summed E-state index contributed by atoms with van der Waals surface area (Å²) in [5, 5.41) is 0. The predicted octanol–water partition coefficient (Wildman–Crippen LogP) is 2.77. The smallest absolute Gasteiger partial charge is 0.0891 e. The molecule has 2 aliphatic rings. The summed E-state index contributed by atoms with van der Waals surface area (Å²) in [6.45, 7) is 1.59. The molecule has 0 radical (unpaired) electrons. The van der Waals surface area contributed by atoms with Crippen molar-refractivity contribution in [3.63, 3.8) is 0 Å². The monoisotopic (exact) mass is 218 g/mol. The Balaban J connectivity index is 1.43. The van der Waals surface area contributed by atoms with E-state index in [9.17, 15) is 0 Å². The van der Waals surface area contributed by atoms with Crippen LogP contribution in [-0.2, 0) is 16.1 Å². The van der Waals surface area contributed by atoms with Gasteiger partial charge in [0.15, 0.2) is 0 Å². The average molecular weight is 218 g/mol. The van der Waals surface area contributed by atoms with Gasteiger partial charge in [0.1, 0.15) is 0 Å². The van der Waals surface area contributed by atoms with E-state index in [1.54, 1.807) is 0 Å². The molecule has 16 heavy (non-hydrogen) atoms. The van der Waals surface area contributed by atoms with Crippen LogP contribution in [0.25, 0.3) is 0 Å². The zero-order chi connectivity index (χ0) is 10.8. The van der Waals surface area contributed by atoms with Gasteiger partial charge in [-0.05, 0) is 18.4 Å². The molecule has 1 aliphatic heterocycles. The summed E-state index contributed by atoms with van der Waals surface area (Å²) in [4.78, 5) is 0. The first kappa shape index (κ1) is 10.3. The van der Waals surface area contributed by atoms with Gasteiger partial charge in [-0.1, -0.05) is 36.8 Å². The van der Waals surface area contributed by atoms with Crippen LogP contribution in [0.4, 0.5) is 0 Å². The first-order chi connectivity index (χ1) is 7.93. The number of fused-ring (bicyclic) bond motifs is 1. The largest absolute Gasteiger partial charge is 0.376 e. The van der Waals surface area contributed by atoms with Crippen LogP contribution in [0.3, 0.4) is 0 Å². The zero-order valence-corrected chi connectivity index (χ0v) is 9.47. The number of hydrogen-bond acceptors (Lipinski definition) is 2. The van der Waals surface area contributed by atoms with Crippen molar-refractivity contribution in [2.24, 2.45) is 5.92 Å². The van der Waals surface area contributed by atoms with Crippen molar-refractivity contribution in [3.8, 4) is 0 Å². The van der Waals surface area contributed by atoms with E-state index in [1.807, 2.05) is 6.07 Å². The van der Waals surface area contributed by atoms with E-state index < -0.39 is 0 Å². The number of rotatable bonds is 4. The van der Waals surface area contributed by atoms with E-state index in [0.717, 1.165) is 13.2 Å². The maximum absolute atomic E-state index is 5.78. The van der Waals surface area contributed by atoms with Crippen LogP contribution in [0.15, 0.2) is 30.3 Å². The first-order valence-electron chi connectivity index (χ1n) is 6.20. The van der Waals surface area contributed by atoms with E-state index in [0.29, 0.717) is 18.1 Å². The van der Waals surface area contributed by atoms with Gasteiger partial charge in [0, 0.05) is 5.92 Å². The van der Waals surface area contributed by atoms with Crippen LogP contribution in [0, 0.1) is 5.92 Å². The molecule has 1 saturated heterocycles. The van der Waals surface area contributed by atoms with Gasteiger partial charge in [0.25, 0.3) is 0 Å². The summed E-state index contributed by atoms with van der Waals surface area (Å²) in [7, 11) is 0. The number of benzene rings is 1. The normalized spacial score (nSPS) is 32.1. The number of ether oxygens (including phenoxy) is 2.